The number of carboxylic acids is 1. The van der Waals surface area contributed by atoms with E-state index in [1.165, 1.54) is 23.5 Å². The molecule has 4 rings (SSSR count). The number of amidine groups is 1. The number of amides is 1. The lowest BCUT2D eigenvalue weighted by Gasteiger charge is -2.40. The number of carboxylic acid groups (broad SMARTS) is 1. The second-order valence-electron chi connectivity index (χ2n) is 9.15. The number of benzene rings is 1. The summed E-state index contributed by atoms with van der Waals surface area (Å²) >= 11 is 7.65. The van der Waals surface area contributed by atoms with Gasteiger partial charge in [-0.1, -0.05) is 17.7 Å². The average molecular weight is 507 g/mol. The van der Waals surface area contributed by atoms with Gasteiger partial charge in [-0.05, 0) is 45.7 Å². The van der Waals surface area contributed by atoms with E-state index in [0.29, 0.717) is 34.9 Å². The lowest BCUT2D eigenvalue weighted by molar-refractivity contribution is -0.133. The summed E-state index contributed by atoms with van der Waals surface area (Å²) in [6, 6.07) is 2.72. The third kappa shape index (κ3) is 5.23. The molecular weight excluding hydrogens is 483 g/mol. The summed E-state index contributed by atoms with van der Waals surface area (Å²) in [5.74, 6) is -1.43. The Bertz CT molecular complexity index is 1170. The molecule has 8 nitrogen and oxygen atoms in total. The Morgan fingerprint density at radius 2 is 2.06 bits per heavy atom. The van der Waals surface area contributed by atoms with E-state index in [2.05, 4.69) is 20.6 Å². The number of nitrogens with zero attached hydrogens (tertiary/aromatic N) is 2. The maximum atomic E-state index is 13.7. The molecule has 0 saturated heterocycles. The Kier molecular flexibility index (Phi) is 6.64. The maximum absolute atomic E-state index is 13.7. The monoisotopic (exact) mass is 506 g/mol. The van der Waals surface area contributed by atoms with Gasteiger partial charge >= 0.3 is 12.1 Å². The number of carbonyl (C=O) groups excluding carboxylic acids is 1. The number of aliphatic imine (C=N–C) groups is 1. The van der Waals surface area contributed by atoms with Gasteiger partial charge in [0.05, 0.1) is 5.57 Å². The van der Waals surface area contributed by atoms with Crippen molar-refractivity contribution in [3.63, 3.8) is 0 Å². The lowest BCUT2D eigenvalue weighted by Crippen LogP contribution is -2.49. The summed E-state index contributed by atoms with van der Waals surface area (Å²) in [5.41, 5.74) is 0.295. The van der Waals surface area contributed by atoms with Gasteiger partial charge in [0, 0.05) is 39.8 Å². The molecule has 1 fully saturated rings. The lowest BCUT2D eigenvalue weighted by atomic mass is 9.75. The van der Waals surface area contributed by atoms with Crippen LogP contribution in [0.1, 0.15) is 50.2 Å². The van der Waals surface area contributed by atoms with E-state index in [-0.39, 0.29) is 22.6 Å². The number of nitrogens with one attached hydrogen (secondary N) is 2. The first-order valence-corrected chi connectivity index (χ1v) is 11.9. The number of halogens is 2. The van der Waals surface area contributed by atoms with E-state index in [1.807, 2.05) is 0 Å². The van der Waals surface area contributed by atoms with Crippen molar-refractivity contribution in [2.45, 2.75) is 51.3 Å². The topological polar surface area (TPSA) is 113 Å². The summed E-state index contributed by atoms with van der Waals surface area (Å²) in [6.07, 6.45) is 2.16. The van der Waals surface area contributed by atoms with Gasteiger partial charge in [0.2, 0.25) is 0 Å². The standard InChI is InChI=1S/C23H24ClFN4O4S/c1-23(2,3)33-22(32)27-13-8-11(9-13)17-16(21(30)31)18(14-5-4-12(25)10-15(14)24)29-19(28-17)20-26-6-7-34-20/h4-7,10-11,13,18H,8-9H2,1-3H3,(H,27,32)(H,28,29)(H,30,31). The van der Waals surface area contributed by atoms with Gasteiger partial charge in [-0.2, -0.15) is 0 Å². The molecule has 11 heteroatoms. The first-order valence-electron chi connectivity index (χ1n) is 10.7. The molecule has 2 aliphatic rings. The number of rotatable bonds is 5. The highest BCUT2D eigenvalue weighted by Gasteiger charge is 2.41. The third-order valence-electron chi connectivity index (χ3n) is 5.46. The fourth-order valence-electron chi connectivity index (χ4n) is 3.97. The van der Waals surface area contributed by atoms with Crippen LogP contribution in [0.15, 0.2) is 46.0 Å². The van der Waals surface area contributed by atoms with Gasteiger partial charge in [0.15, 0.2) is 10.8 Å². The Balaban J connectivity index is 1.64. The summed E-state index contributed by atoms with van der Waals surface area (Å²) in [6.45, 7) is 5.35. The molecule has 0 spiro atoms. The molecule has 0 bridgehead atoms. The van der Waals surface area contributed by atoms with E-state index >= 15 is 0 Å². The normalized spacial score (nSPS) is 22.4. The highest BCUT2D eigenvalue weighted by molar-refractivity contribution is 7.11. The number of aromatic nitrogens is 1. The smallest absolute Gasteiger partial charge is 0.407 e. The molecule has 2 aromatic rings. The molecule has 34 heavy (non-hydrogen) atoms. The molecule has 1 aliphatic carbocycles. The van der Waals surface area contributed by atoms with Crippen molar-refractivity contribution in [1.29, 1.82) is 0 Å². The highest BCUT2D eigenvalue weighted by atomic mass is 35.5. The first-order chi connectivity index (χ1) is 16.0. The second kappa shape index (κ2) is 9.34. The van der Waals surface area contributed by atoms with Crippen LogP contribution in [0.25, 0.3) is 0 Å². The molecule has 180 valence electrons. The van der Waals surface area contributed by atoms with Crippen LogP contribution in [0.5, 0.6) is 0 Å². The quantitative estimate of drug-likeness (QED) is 0.543. The zero-order valence-electron chi connectivity index (χ0n) is 18.8. The van der Waals surface area contributed by atoms with Crippen LogP contribution in [0.2, 0.25) is 5.02 Å². The Morgan fingerprint density at radius 3 is 2.65 bits per heavy atom. The van der Waals surface area contributed by atoms with Crippen molar-refractivity contribution in [2.75, 3.05) is 0 Å². The molecule has 1 aromatic carbocycles. The molecule has 1 atom stereocenters. The SMILES string of the molecule is CC(C)(C)OC(=O)NC1CC(C2=C(C(=O)O)C(c3ccc(F)cc3Cl)N=C(c3nccs3)N2)C1. The van der Waals surface area contributed by atoms with Crippen LogP contribution < -0.4 is 10.6 Å². The van der Waals surface area contributed by atoms with Crippen molar-refractivity contribution in [2.24, 2.45) is 10.9 Å². The van der Waals surface area contributed by atoms with Crippen LogP contribution in [0.3, 0.4) is 0 Å². The van der Waals surface area contributed by atoms with Crippen molar-refractivity contribution in [3.8, 4) is 0 Å². The van der Waals surface area contributed by atoms with Crippen molar-refractivity contribution >= 4 is 40.8 Å². The zero-order valence-corrected chi connectivity index (χ0v) is 20.3. The zero-order chi connectivity index (χ0) is 24.6. The minimum atomic E-state index is -1.15. The van der Waals surface area contributed by atoms with Gasteiger partial charge < -0.3 is 20.5 Å². The number of thiazole rings is 1. The highest BCUT2D eigenvalue weighted by Crippen LogP contribution is 2.42. The molecule has 1 saturated carbocycles. The summed E-state index contributed by atoms with van der Waals surface area (Å²) < 4.78 is 19.0. The van der Waals surface area contributed by atoms with Gasteiger partial charge in [-0.15, -0.1) is 11.3 Å². The first kappa shape index (κ1) is 24.2. The maximum Gasteiger partial charge on any atom is 0.407 e. The molecule has 1 aliphatic heterocycles. The molecule has 2 heterocycles. The van der Waals surface area contributed by atoms with Crippen LogP contribution in [-0.2, 0) is 9.53 Å². The van der Waals surface area contributed by atoms with Crippen molar-refractivity contribution in [3.05, 3.63) is 62.5 Å². The number of hydrogen-bond donors (Lipinski definition) is 3. The van der Waals surface area contributed by atoms with Crippen molar-refractivity contribution < 1.29 is 23.8 Å². The number of alkyl carbamates (subject to hydrolysis) is 1. The van der Waals surface area contributed by atoms with Gasteiger partial charge in [0.25, 0.3) is 0 Å². The van der Waals surface area contributed by atoms with Crippen LogP contribution in [0, 0.1) is 11.7 Å². The van der Waals surface area contributed by atoms with Gasteiger partial charge in [-0.25, -0.2) is 19.0 Å². The number of ether oxygens (including phenoxy) is 1. The number of allylic oxidation sites excluding steroid dienone is 1. The van der Waals surface area contributed by atoms with Crippen molar-refractivity contribution in [1.82, 2.24) is 15.6 Å². The summed E-state index contributed by atoms with van der Waals surface area (Å²) in [7, 11) is 0. The minimum absolute atomic E-state index is 0.0366. The van der Waals surface area contributed by atoms with E-state index in [4.69, 9.17) is 16.3 Å². The molecule has 1 aromatic heterocycles. The number of carbonyl (C=O) groups is 2. The number of hydrogen-bond acceptors (Lipinski definition) is 7. The average Bonchev–Trinajstić information content (AvgIpc) is 3.23. The molecule has 1 amide bonds. The van der Waals surface area contributed by atoms with E-state index in [9.17, 15) is 19.1 Å². The number of aliphatic carboxylic acids is 1. The molecular formula is C23H24ClFN4O4S. The van der Waals surface area contributed by atoms with E-state index in [0.717, 1.165) is 6.07 Å². The Hall–Kier alpha value is -2.98. The molecule has 1 unspecified atom stereocenters. The van der Waals surface area contributed by atoms with Crippen LogP contribution >= 0.6 is 22.9 Å². The summed E-state index contributed by atoms with van der Waals surface area (Å²) in [4.78, 5) is 33.4. The second-order valence-corrected chi connectivity index (χ2v) is 10.5. The van der Waals surface area contributed by atoms with Gasteiger partial charge in [0.1, 0.15) is 17.5 Å². The predicted molar refractivity (Wildman–Crippen MR) is 126 cm³/mol. The largest absolute Gasteiger partial charge is 0.478 e. The summed E-state index contributed by atoms with van der Waals surface area (Å²) in [5, 5.41) is 18.6. The fraction of sp³-hybridized carbons (Fsp3) is 0.391. The fourth-order valence-corrected chi connectivity index (χ4v) is 4.82. The minimum Gasteiger partial charge on any atom is -0.478 e. The Labute approximate surface area is 204 Å². The third-order valence-corrected chi connectivity index (χ3v) is 6.57. The molecule has 3 N–H and O–H groups in total. The molecule has 0 radical (unpaired) electrons. The van der Waals surface area contributed by atoms with Crippen LogP contribution in [0.4, 0.5) is 9.18 Å². The Morgan fingerprint density at radius 1 is 1.32 bits per heavy atom. The van der Waals surface area contributed by atoms with Gasteiger partial charge in [-0.3, -0.25) is 4.99 Å². The van der Waals surface area contributed by atoms with E-state index in [1.54, 1.807) is 32.3 Å². The predicted octanol–water partition coefficient (Wildman–Crippen LogP) is 4.67. The van der Waals surface area contributed by atoms with Crippen LogP contribution in [-0.4, -0.2) is 39.6 Å². The van der Waals surface area contributed by atoms with E-state index < -0.39 is 29.5 Å².